The Bertz CT molecular complexity index is 741. The second kappa shape index (κ2) is 5.84. The van der Waals surface area contributed by atoms with Crippen molar-refractivity contribution in [2.24, 2.45) is 11.0 Å². The number of benzene rings is 1. The Morgan fingerprint density at radius 1 is 1.39 bits per heavy atom. The van der Waals surface area contributed by atoms with E-state index in [1.165, 1.54) is 4.88 Å². The molecule has 2 aliphatic rings. The first kappa shape index (κ1) is 15.0. The Labute approximate surface area is 145 Å². The summed E-state index contributed by atoms with van der Waals surface area (Å²) in [5.74, 6) is 1.50. The van der Waals surface area contributed by atoms with E-state index in [0.29, 0.717) is 5.92 Å². The fourth-order valence-electron chi connectivity index (χ4n) is 3.28. The van der Waals surface area contributed by atoms with Crippen molar-refractivity contribution in [2.75, 3.05) is 0 Å². The van der Waals surface area contributed by atoms with Crippen molar-refractivity contribution in [1.29, 1.82) is 0 Å². The maximum atomic E-state index is 6.24. The number of thiophene rings is 1. The van der Waals surface area contributed by atoms with Crippen LogP contribution in [0.25, 0.3) is 0 Å². The molecule has 23 heavy (non-hydrogen) atoms. The molecule has 0 saturated heterocycles. The van der Waals surface area contributed by atoms with Crippen LogP contribution in [-0.2, 0) is 0 Å². The minimum absolute atomic E-state index is 0.00821. The van der Waals surface area contributed by atoms with Crippen LogP contribution in [0.1, 0.15) is 43.2 Å². The van der Waals surface area contributed by atoms with Gasteiger partial charge < -0.3 is 4.74 Å². The van der Waals surface area contributed by atoms with E-state index >= 15 is 0 Å². The van der Waals surface area contributed by atoms with Gasteiger partial charge in [0.25, 0.3) is 0 Å². The van der Waals surface area contributed by atoms with Crippen LogP contribution in [-0.4, -0.2) is 16.9 Å². The minimum Gasteiger partial charge on any atom is -0.469 e. The van der Waals surface area contributed by atoms with Crippen LogP contribution in [0.15, 0.2) is 40.8 Å². The molecule has 0 bridgehead atoms. The van der Waals surface area contributed by atoms with Gasteiger partial charge >= 0.3 is 0 Å². The second-order valence-electron chi connectivity index (χ2n) is 6.51. The number of rotatable bonds is 3. The van der Waals surface area contributed by atoms with Gasteiger partial charge in [-0.25, -0.2) is 0 Å². The largest absolute Gasteiger partial charge is 0.469 e. The molecule has 3 nitrogen and oxygen atoms in total. The van der Waals surface area contributed by atoms with Crippen LogP contribution in [0.5, 0.6) is 5.75 Å². The van der Waals surface area contributed by atoms with Gasteiger partial charge in [0.15, 0.2) is 6.23 Å². The lowest BCUT2D eigenvalue weighted by Crippen LogP contribution is -2.41. The van der Waals surface area contributed by atoms with E-state index < -0.39 is 0 Å². The van der Waals surface area contributed by atoms with Crippen molar-refractivity contribution in [3.8, 4) is 5.75 Å². The molecule has 120 valence electrons. The van der Waals surface area contributed by atoms with Gasteiger partial charge in [-0.2, -0.15) is 5.10 Å². The summed E-state index contributed by atoms with van der Waals surface area (Å²) in [6.45, 7) is 4.44. The van der Waals surface area contributed by atoms with Crippen molar-refractivity contribution >= 4 is 28.6 Å². The highest BCUT2D eigenvalue weighted by Crippen LogP contribution is 2.45. The predicted molar refractivity (Wildman–Crippen MR) is 95.4 cm³/mol. The third-order valence-electron chi connectivity index (χ3n) is 4.31. The normalized spacial score (nSPS) is 22.6. The van der Waals surface area contributed by atoms with Crippen LogP contribution < -0.4 is 4.74 Å². The van der Waals surface area contributed by atoms with Crippen molar-refractivity contribution in [3.05, 3.63) is 51.2 Å². The third-order valence-corrected chi connectivity index (χ3v) is 5.46. The summed E-state index contributed by atoms with van der Waals surface area (Å²) in [6, 6.07) is 10.3. The van der Waals surface area contributed by atoms with Crippen LogP contribution in [0.2, 0.25) is 5.02 Å². The van der Waals surface area contributed by atoms with Crippen LogP contribution in [0, 0.1) is 5.92 Å². The Morgan fingerprint density at radius 2 is 2.26 bits per heavy atom. The minimum atomic E-state index is -0.00821. The van der Waals surface area contributed by atoms with E-state index in [9.17, 15) is 0 Å². The average molecular weight is 347 g/mol. The molecule has 4 rings (SSSR count). The van der Waals surface area contributed by atoms with Gasteiger partial charge in [0.05, 0.1) is 16.6 Å². The molecule has 1 aromatic heterocycles. The molecule has 2 atom stereocenters. The van der Waals surface area contributed by atoms with E-state index in [1.807, 2.05) is 18.2 Å². The zero-order valence-corrected chi connectivity index (χ0v) is 14.8. The number of halogens is 1. The first-order valence-electron chi connectivity index (χ1n) is 7.97. The molecule has 0 spiro atoms. The highest BCUT2D eigenvalue weighted by molar-refractivity contribution is 7.12. The van der Waals surface area contributed by atoms with E-state index in [-0.39, 0.29) is 12.3 Å². The average Bonchev–Trinajstić information content (AvgIpc) is 3.16. The molecule has 2 aliphatic heterocycles. The van der Waals surface area contributed by atoms with Crippen molar-refractivity contribution in [3.63, 3.8) is 0 Å². The van der Waals surface area contributed by atoms with Crippen LogP contribution in [0.3, 0.4) is 0 Å². The highest BCUT2D eigenvalue weighted by Gasteiger charge is 2.40. The fraction of sp³-hybridized carbons (Fsp3) is 0.389. The van der Waals surface area contributed by atoms with Gasteiger partial charge in [-0.1, -0.05) is 31.5 Å². The molecule has 0 fully saturated rings. The van der Waals surface area contributed by atoms with Gasteiger partial charge in [-0.05, 0) is 35.6 Å². The quantitative estimate of drug-likeness (QED) is 0.751. The molecule has 0 unspecified atom stereocenters. The number of hydrogen-bond acceptors (Lipinski definition) is 4. The Morgan fingerprint density at radius 3 is 3.00 bits per heavy atom. The molecule has 2 aromatic rings. The van der Waals surface area contributed by atoms with Gasteiger partial charge in [0.1, 0.15) is 5.75 Å². The molecule has 0 aliphatic carbocycles. The molecular formula is C18H19ClN2OS. The van der Waals surface area contributed by atoms with E-state index in [4.69, 9.17) is 21.4 Å². The maximum absolute atomic E-state index is 6.24. The Hall–Kier alpha value is -1.52. The Balaban J connectivity index is 1.73. The number of hydrogen-bond donors (Lipinski definition) is 0. The number of ether oxygens (including phenoxy) is 1. The van der Waals surface area contributed by atoms with Crippen LogP contribution >= 0.6 is 22.9 Å². The van der Waals surface area contributed by atoms with Crippen molar-refractivity contribution in [2.45, 2.75) is 39.0 Å². The first-order chi connectivity index (χ1) is 11.1. The Kier molecular flexibility index (Phi) is 3.82. The predicted octanol–water partition coefficient (Wildman–Crippen LogP) is 5.32. The summed E-state index contributed by atoms with van der Waals surface area (Å²) < 4.78 is 6.24. The molecule has 0 N–H and O–H groups in total. The molecule has 0 amide bonds. The van der Waals surface area contributed by atoms with Gasteiger partial charge in [-0.15, -0.1) is 11.3 Å². The fourth-order valence-corrected chi connectivity index (χ4v) is 4.19. The standard InChI is InChI=1S/C18H19ClN2OS/c1-11(2)8-18-21-15(10-14(20-21)17-4-3-7-23-17)13-9-12(19)5-6-16(13)22-18/h3-7,9,11,15,18H,8,10H2,1-2H3/t15-,18+/m0/s1. The third kappa shape index (κ3) is 2.74. The zero-order valence-electron chi connectivity index (χ0n) is 13.2. The van der Waals surface area contributed by atoms with Gasteiger partial charge in [-0.3, -0.25) is 5.01 Å². The maximum Gasteiger partial charge on any atom is 0.188 e. The van der Waals surface area contributed by atoms with Crippen molar-refractivity contribution < 1.29 is 4.74 Å². The molecule has 3 heterocycles. The zero-order chi connectivity index (χ0) is 16.0. The molecule has 1 aromatic carbocycles. The lowest BCUT2D eigenvalue weighted by atomic mass is 9.97. The molecular weight excluding hydrogens is 328 g/mol. The van der Waals surface area contributed by atoms with Gasteiger partial charge in [0.2, 0.25) is 0 Å². The number of hydrazone groups is 1. The first-order valence-corrected chi connectivity index (χ1v) is 9.23. The lowest BCUT2D eigenvalue weighted by Gasteiger charge is -2.38. The van der Waals surface area contributed by atoms with Crippen LogP contribution in [0.4, 0.5) is 0 Å². The summed E-state index contributed by atoms with van der Waals surface area (Å²) in [6.07, 6.45) is 1.86. The summed E-state index contributed by atoms with van der Waals surface area (Å²) in [5.41, 5.74) is 2.29. The SMILES string of the molecule is CC(C)C[C@H]1Oc2ccc(Cl)cc2[C@@H]2CC(c3cccs3)=NN12. The molecule has 5 heteroatoms. The lowest BCUT2D eigenvalue weighted by molar-refractivity contribution is -0.0291. The topological polar surface area (TPSA) is 24.8 Å². The summed E-state index contributed by atoms with van der Waals surface area (Å²) in [4.78, 5) is 1.24. The summed E-state index contributed by atoms with van der Waals surface area (Å²) >= 11 is 7.96. The van der Waals surface area contributed by atoms with E-state index in [1.54, 1.807) is 11.3 Å². The summed E-state index contributed by atoms with van der Waals surface area (Å²) in [7, 11) is 0. The molecule has 0 saturated carbocycles. The monoisotopic (exact) mass is 346 g/mol. The number of nitrogens with zero attached hydrogens (tertiary/aromatic N) is 2. The number of fused-ring (bicyclic) bond motifs is 3. The van der Waals surface area contributed by atoms with E-state index in [2.05, 4.69) is 36.4 Å². The smallest absolute Gasteiger partial charge is 0.188 e. The second-order valence-corrected chi connectivity index (χ2v) is 7.89. The molecule has 0 radical (unpaired) electrons. The van der Waals surface area contributed by atoms with E-state index in [0.717, 1.165) is 34.9 Å². The summed E-state index contributed by atoms with van der Waals surface area (Å²) in [5, 5.41) is 9.90. The highest BCUT2D eigenvalue weighted by atomic mass is 35.5. The van der Waals surface area contributed by atoms with Gasteiger partial charge in [0, 0.05) is 23.4 Å². The van der Waals surface area contributed by atoms with Crippen molar-refractivity contribution in [1.82, 2.24) is 5.01 Å².